The lowest BCUT2D eigenvalue weighted by Gasteiger charge is -2.39. The number of likely N-dealkylation sites (N-methyl/N-ethyl adjacent to an activating group) is 1. The smallest absolute Gasteiger partial charge is 0.162 e. The zero-order valence-corrected chi connectivity index (χ0v) is 13.2. The van der Waals surface area contributed by atoms with Crippen LogP contribution in [-0.4, -0.2) is 42.8 Å². The Morgan fingerprint density at radius 3 is 2.90 bits per heavy atom. The van der Waals surface area contributed by atoms with E-state index in [1.54, 1.807) is 0 Å². The average molecular weight is 309 g/mol. The van der Waals surface area contributed by atoms with Crippen LogP contribution in [0.3, 0.4) is 0 Å². The van der Waals surface area contributed by atoms with Crippen molar-refractivity contribution in [3.63, 3.8) is 0 Å². The molecule has 0 spiro atoms. The van der Waals surface area contributed by atoms with Crippen LogP contribution < -0.4 is 14.8 Å². The number of aliphatic hydroxyl groups is 1. The molecule has 0 saturated heterocycles. The van der Waals surface area contributed by atoms with Gasteiger partial charge in [0.05, 0.1) is 6.61 Å². The molecule has 116 valence electrons. The van der Waals surface area contributed by atoms with Gasteiger partial charge in [0.25, 0.3) is 0 Å². The molecule has 2 atom stereocenters. The Balaban J connectivity index is 1.68. The molecule has 0 amide bonds. The third-order valence-corrected chi connectivity index (χ3v) is 5.71. The standard InChI is InChI=1S/C16H23NO3S/c1-17-16(11-18)6-2-3-13(10-16)21-12-4-5-14-15(9-12)20-8-7-19-14/h4-5,9,13,17-18H,2-3,6-8,10-11H2,1H3. The second-order valence-corrected chi connectivity index (χ2v) is 7.20. The molecule has 1 aromatic carbocycles. The van der Waals surface area contributed by atoms with Gasteiger partial charge in [-0.2, -0.15) is 0 Å². The van der Waals surface area contributed by atoms with Gasteiger partial charge in [0, 0.05) is 15.7 Å². The Hall–Kier alpha value is -0.910. The first-order valence-corrected chi connectivity index (χ1v) is 8.49. The summed E-state index contributed by atoms with van der Waals surface area (Å²) in [4.78, 5) is 1.22. The molecule has 1 fully saturated rings. The Labute approximate surface area is 130 Å². The van der Waals surface area contributed by atoms with Crippen LogP contribution in [0, 0.1) is 0 Å². The maximum Gasteiger partial charge on any atom is 0.162 e. The SMILES string of the molecule is CNC1(CO)CCCC(Sc2ccc3c(c2)OCCO3)C1. The van der Waals surface area contributed by atoms with Crippen molar-refractivity contribution in [3.8, 4) is 11.5 Å². The van der Waals surface area contributed by atoms with Crippen molar-refractivity contribution in [1.82, 2.24) is 5.32 Å². The van der Waals surface area contributed by atoms with Crippen molar-refractivity contribution < 1.29 is 14.6 Å². The fourth-order valence-corrected chi connectivity index (χ4v) is 4.54. The summed E-state index contributed by atoms with van der Waals surface area (Å²) in [6.07, 6.45) is 4.41. The van der Waals surface area contributed by atoms with E-state index in [0.29, 0.717) is 18.5 Å². The number of thioether (sulfide) groups is 1. The molecule has 0 bridgehead atoms. The van der Waals surface area contributed by atoms with E-state index in [0.717, 1.165) is 30.8 Å². The lowest BCUT2D eigenvalue weighted by atomic mass is 9.82. The highest BCUT2D eigenvalue weighted by Gasteiger charge is 2.34. The maximum atomic E-state index is 9.68. The predicted octanol–water partition coefficient (Wildman–Crippen LogP) is 2.44. The second kappa shape index (κ2) is 6.46. The van der Waals surface area contributed by atoms with Gasteiger partial charge < -0.3 is 19.9 Å². The number of hydrogen-bond donors (Lipinski definition) is 2. The molecular weight excluding hydrogens is 286 g/mol. The van der Waals surface area contributed by atoms with E-state index in [1.165, 1.54) is 11.3 Å². The van der Waals surface area contributed by atoms with Gasteiger partial charge >= 0.3 is 0 Å². The minimum absolute atomic E-state index is 0.107. The highest BCUT2D eigenvalue weighted by molar-refractivity contribution is 8.00. The molecule has 1 aromatic rings. The van der Waals surface area contributed by atoms with Crippen LogP contribution >= 0.6 is 11.8 Å². The number of nitrogens with one attached hydrogen (secondary N) is 1. The van der Waals surface area contributed by atoms with Gasteiger partial charge in [0.15, 0.2) is 11.5 Å². The molecule has 2 unspecified atom stereocenters. The van der Waals surface area contributed by atoms with E-state index in [4.69, 9.17) is 9.47 Å². The van der Waals surface area contributed by atoms with E-state index in [-0.39, 0.29) is 12.1 Å². The molecule has 2 aliphatic rings. The highest BCUT2D eigenvalue weighted by Crippen LogP contribution is 2.41. The third-order valence-electron chi connectivity index (χ3n) is 4.45. The van der Waals surface area contributed by atoms with Crippen molar-refractivity contribution in [2.24, 2.45) is 0 Å². The van der Waals surface area contributed by atoms with Gasteiger partial charge in [0.1, 0.15) is 13.2 Å². The quantitative estimate of drug-likeness (QED) is 0.895. The van der Waals surface area contributed by atoms with Crippen LogP contribution in [0.5, 0.6) is 11.5 Å². The van der Waals surface area contributed by atoms with Gasteiger partial charge in [-0.3, -0.25) is 0 Å². The zero-order chi connectivity index (χ0) is 14.7. The summed E-state index contributed by atoms with van der Waals surface area (Å²) in [7, 11) is 1.95. The van der Waals surface area contributed by atoms with Gasteiger partial charge in [-0.05, 0) is 44.5 Å². The number of aliphatic hydroxyl groups excluding tert-OH is 1. The van der Waals surface area contributed by atoms with E-state index in [2.05, 4.69) is 17.4 Å². The summed E-state index contributed by atoms with van der Waals surface area (Å²) >= 11 is 1.88. The summed E-state index contributed by atoms with van der Waals surface area (Å²) < 4.78 is 11.2. The minimum atomic E-state index is -0.107. The summed E-state index contributed by atoms with van der Waals surface area (Å²) in [5.41, 5.74) is -0.107. The lowest BCUT2D eigenvalue weighted by molar-refractivity contribution is 0.131. The Morgan fingerprint density at radius 1 is 1.33 bits per heavy atom. The first-order chi connectivity index (χ1) is 10.2. The molecule has 0 aromatic heterocycles. The largest absolute Gasteiger partial charge is 0.486 e. The van der Waals surface area contributed by atoms with Crippen LogP contribution in [0.1, 0.15) is 25.7 Å². The summed E-state index contributed by atoms with van der Waals surface area (Å²) in [6, 6.07) is 6.18. The zero-order valence-electron chi connectivity index (χ0n) is 12.4. The van der Waals surface area contributed by atoms with E-state index in [1.807, 2.05) is 24.9 Å². The van der Waals surface area contributed by atoms with Crippen LogP contribution in [0.15, 0.2) is 23.1 Å². The van der Waals surface area contributed by atoms with Crippen LogP contribution in [0.4, 0.5) is 0 Å². The predicted molar refractivity (Wildman–Crippen MR) is 84.4 cm³/mol. The van der Waals surface area contributed by atoms with Gasteiger partial charge in [-0.15, -0.1) is 11.8 Å². The average Bonchev–Trinajstić information content (AvgIpc) is 2.55. The molecule has 21 heavy (non-hydrogen) atoms. The van der Waals surface area contributed by atoms with Crippen LogP contribution in [0.25, 0.3) is 0 Å². The molecule has 3 rings (SSSR count). The van der Waals surface area contributed by atoms with Crippen molar-refractivity contribution in [2.75, 3.05) is 26.9 Å². The molecule has 1 saturated carbocycles. The fraction of sp³-hybridized carbons (Fsp3) is 0.625. The maximum absolute atomic E-state index is 9.68. The highest BCUT2D eigenvalue weighted by atomic mass is 32.2. The lowest BCUT2D eigenvalue weighted by Crippen LogP contribution is -2.50. The molecule has 4 nitrogen and oxygen atoms in total. The van der Waals surface area contributed by atoms with Crippen LogP contribution in [-0.2, 0) is 0 Å². The molecule has 1 heterocycles. The van der Waals surface area contributed by atoms with Gasteiger partial charge in [0.2, 0.25) is 0 Å². The summed E-state index contributed by atoms with van der Waals surface area (Å²) in [6.45, 7) is 1.46. The number of rotatable bonds is 4. The molecule has 1 aliphatic carbocycles. The summed E-state index contributed by atoms with van der Waals surface area (Å²) in [5.74, 6) is 1.69. The summed E-state index contributed by atoms with van der Waals surface area (Å²) in [5, 5.41) is 13.5. The fourth-order valence-electron chi connectivity index (χ4n) is 3.15. The molecule has 1 aliphatic heterocycles. The number of hydrogen-bond acceptors (Lipinski definition) is 5. The first kappa shape index (κ1) is 15.0. The monoisotopic (exact) mass is 309 g/mol. The first-order valence-electron chi connectivity index (χ1n) is 7.61. The molecule has 2 N–H and O–H groups in total. The Bertz CT molecular complexity index is 490. The topological polar surface area (TPSA) is 50.7 Å². The van der Waals surface area contributed by atoms with E-state index in [9.17, 15) is 5.11 Å². The Morgan fingerprint density at radius 2 is 2.14 bits per heavy atom. The molecule has 0 radical (unpaired) electrons. The van der Waals surface area contributed by atoms with Gasteiger partial charge in [-0.1, -0.05) is 6.42 Å². The second-order valence-electron chi connectivity index (χ2n) is 5.83. The molecular formula is C16H23NO3S. The van der Waals surface area contributed by atoms with Crippen molar-refractivity contribution >= 4 is 11.8 Å². The van der Waals surface area contributed by atoms with Crippen LogP contribution in [0.2, 0.25) is 0 Å². The van der Waals surface area contributed by atoms with Crippen molar-refractivity contribution in [2.45, 2.75) is 41.4 Å². The van der Waals surface area contributed by atoms with Crippen molar-refractivity contribution in [1.29, 1.82) is 0 Å². The minimum Gasteiger partial charge on any atom is -0.486 e. The van der Waals surface area contributed by atoms with Gasteiger partial charge in [-0.25, -0.2) is 0 Å². The number of fused-ring (bicyclic) bond motifs is 1. The molecule has 5 heteroatoms. The number of ether oxygens (including phenoxy) is 2. The van der Waals surface area contributed by atoms with Crippen molar-refractivity contribution in [3.05, 3.63) is 18.2 Å². The number of benzene rings is 1. The third kappa shape index (κ3) is 3.30. The Kier molecular flexibility index (Phi) is 4.62. The van der Waals surface area contributed by atoms with E-state index < -0.39 is 0 Å². The van der Waals surface area contributed by atoms with E-state index >= 15 is 0 Å². The normalized spacial score (nSPS) is 28.4.